The van der Waals surface area contributed by atoms with Crippen LogP contribution in [0.5, 0.6) is 0 Å². The highest BCUT2D eigenvalue weighted by Crippen LogP contribution is 2.53. The molecule has 1 N–H and O–H groups in total. The maximum Gasteiger partial charge on any atom is 0.249 e. The van der Waals surface area contributed by atoms with Gasteiger partial charge in [-0.25, -0.2) is 8.78 Å². The van der Waals surface area contributed by atoms with E-state index in [0.29, 0.717) is 6.42 Å². The van der Waals surface area contributed by atoms with Crippen LogP contribution in [0.15, 0.2) is 30.3 Å². The van der Waals surface area contributed by atoms with Crippen molar-refractivity contribution >= 4 is 0 Å². The van der Waals surface area contributed by atoms with Gasteiger partial charge in [-0.3, -0.25) is 0 Å². The molecular formula is C12H14F2O. The average Bonchev–Trinajstić information content (AvgIpc) is 2.16. The van der Waals surface area contributed by atoms with Crippen molar-refractivity contribution in [3.63, 3.8) is 0 Å². The molecule has 1 aliphatic rings. The molecule has 0 aliphatic heterocycles. The van der Waals surface area contributed by atoms with Gasteiger partial charge >= 0.3 is 0 Å². The first kappa shape index (κ1) is 10.6. The first-order valence-corrected chi connectivity index (χ1v) is 5.08. The van der Waals surface area contributed by atoms with Gasteiger partial charge in [-0.15, -0.1) is 0 Å². The van der Waals surface area contributed by atoms with E-state index >= 15 is 0 Å². The molecule has 3 heteroatoms. The number of rotatable bonds is 3. The van der Waals surface area contributed by atoms with Crippen LogP contribution < -0.4 is 0 Å². The third-order valence-electron chi connectivity index (χ3n) is 3.02. The van der Waals surface area contributed by atoms with Crippen LogP contribution in [0.2, 0.25) is 0 Å². The smallest absolute Gasteiger partial charge is 0.249 e. The molecule has 0 radical (unpaired) electrons. The van der Waals surface area contributed by atoms with Crippen molar-refractivity contribution in [3.8, 4) is 0 Å². The quantitative estimate of drug-likeness (QED) is 0.816. The molecule has 0 unspecified atom stereocenters. The molecule has 1 aliphatic carbocycles. The summed E-state index contributed by atoms with van der Waals surface area (Å²) in [5, 5.41) is 9.20. The monoisotopic (exact) mass is 212 g/mol. The third-order valence-corrected chi connectivity index (χ3v) is 3.02. The summed E-state index contributed by atoms with van der Waals surface area (Å²) >= 11 is 0. The second-order valence-electron chi connectivity index (χ2n) is 4.53. The second-order valence-corrected chi connectivity index (χ2v) is 4.53. The maximum absolute atomic E-state index is 12.8. The first-order valence-electron chi connectivity index (χ1n) is 5.08. The molecule has 0 saturated heterocycles. The highest BCUT2D eigenvalue weighted by Gasteiger charge is 2.55. The first-order chi connectivity index (χ1) is 7.05. The Morgan fingerprint density at radius 2 is 1.73 bits per heavy atom. The van der Waals surface area contributed by atoms with Crippen LogP contribution in [0.25, 0.3) is 0 Å². The van der Waals surface area contributed by atoms with E-state index in [1.165, 1.54) is 0 Å². The summed E-state index contributed by atoms with van der Waals surface area (Å²) in [6.07, 6.45) is 0.163. The number of aliphatic hydroxyl groups excluding tert-OH is 1. The van der Waals surface area contributed by atoms with E-state index in [1.807, 2.05) is 30.3 Å². The second kappa shape index (κ2) is 3.56. The lowest BCUT2D eigenvalue weighted by molar-refractivity contribution is -0.175. The van der Waals surface area contributed by atoms with Crippen molar-refractivity contribution in [2.24, 2.45) is 5.41 Å². The van der Waals surface area contributed by atoms with Crippen LogP contribution in [-0.4, -0.2) is 17.6 Å². The predicted molar refractivity (Wildman–Crippen MR) is 53.8 cm³/mol. The number of aliphatic hydroxyl groups is 1. The van der Waals surface area contributed by atoms with Crippen LogP contribution >= 0.6 is 0 Å². The summed E-state index contributed by atoms with van der Waals surface area (Å²) in [5.74, 6) is -2.57. The summed E-state index contributed by atoms with van der Waals surface area (Å²) < 4.78 is 25.6. The number of halogens is 2. The number of hydrogen-bond donors (Lipinski definition) is 1. The lowest BCUT2D eigenvalue weighted by atomic mass is 9.63. The lowest BCUT2D eigenvalue weighted by Gasteiger charge is -2.46. The highest BCUT2D eigenvalue weighted by molar-refractivity contribution is 5.18. The zero-order chi connectivity index (χ0) is 10.9. The topological polar surface area (TPSA) is 20.2 Å². The fraction of sp³-hybridized carbons (Fsp3) is 0.500. The van der Waals surface area contributed by atoms with E-state index in [-0.39, 0.29) is 19.4 Å². The van der Waals surface area contributed by atoms with Crippen LogP contribution in [-0.2, 0) is 6.42 Å². The Morgan fingerprint density at radius 3 is 2.20 bits per heavy atom. The van der Waals surface area contributed by atoms with Gasteiger partial charge in [-0.2, -0.15) is 0 Å². The minimum atomic E-state index is -2.57. The molecule has 1 saturated carbocycles. The number of alkyl halides is 2. The van der Waals surface area contributed by atoms with Gasteiger partial charge in [-0.1, -0.05) is 30.3 Å². The summed E-state index contributed by atoms with van der Waals surface area (Å²) in [7, 11) is 0. The number of hydrogen-bond acceptors (Lipinski definition) is 1. The van der Waals surface area contributed by atoms with Gasteiger partial charge in [0.1, 0.15) is 0 Å². The zero-order valence-electron chi connectivity index (χ0n) is 8.42. The van der Waals surface area contributed by atoms with Gasteiger partial charge in [-0.05, 0) is 12.0 Å². The fourth-order valence-corrected chi connectivity index (χ4v) is 2.37. The molecule has 15 heavy (non-hydrogen) atoms. The average molecular weight is 212 g/mol. The van der Waals surface area contributed by atoms with E-state index < -0.39 is 11.3 Å². The normalized spacial score (nSPS) is 22.1. The predicted octanol–water partition coefficient (Wildman–Crippen LogP) is 2.64. The molecule has 0 amide bonds. The molecule has 0 bridgehead atoms. The summed E-state index contributed by atoms with van der Waals surface area (Å²) in [6.45, 7) is -0.155. The minimum Gasteiger partial charge on any atom is -0.396 e. The Bertz CT molecular complexity index is 327. The standard InChI is InChI=1S/C12H14F2O/c13-12(14)7-11(8-12,9-15)6-10-4-2-1-3-5-10/h1-5,15H,6-9H2. The van der Waals surface area contributed by atoms with Gasteiger partial charge in [0.15, 0.2) is 0 Å². The highest BCUT2D eigenvalue weighted by atomic mass is 19.3. The molecule has 0 heterocycles. The molecular weight excluding hydrogens is 198 g/mol. The lowest BCUT2D eigenvalue weighted by Crippen LogP contribution is -2.49. The molecule has 2 rings (SSSR count). The Morgan fingerprint density at radius 1 is 1.13 bits per heavy atom. The van der Waals surface area contributed by atoms with E-state index in [4.69, 9.17) is 0 Å². The van der Waals surface area contributed by atoms with Crippen molar-refractivity contribution < 1.29 is 13.9 Å². The fourth-order valence-electron chi connectivity index (χ4n) is 2.37. The van der Waals surface area contributed by atoms with Gasteiger partial charge < -0.3 is 5.11 Å². The summed E-state index contributed by atoms with van der Waals surface area (Å²) in [5.41, 5.74) is 0.423. The van der Waals surface area contributed by atoms with Crippen LogP contribution in [0.3, 0.4) is 0 Å². The van der Waals surface area contributed by atoms with Crippen LogP contribution in [0, 0.1) is 5.41 Å². The van der Waals surface area contributed by atoms with Gasteiger partial charge in [0, 0.05) is 24.9 Å². The Hall–Kier alpha value is -0.960. The van der Waals surface area contributed by atoms with Crippen molar-refractivity contribution in [3.05, 3.63) is 35.9 Å². The van der Waals surface area contributed by atoms with E-state index in [2.05, 4.69) is 0 Å². The molecule has 1 aromatic carbocycles. The molecule has 1 nitrogen and oxygen atoms in total. The molecule has 82 valence electrons. The largest absolute Gasteiger partial charge is 0.396 e. The van der Waals surface area contributed by atoms with Crippen molar-refractivity contribution in [1.82, 2.24) is 0 Å². The molecule has 1 aromatic rings. The van der Waals surface area contributed by atoms with E-state index in [0.717, 1.165) is 5.56 Å². The van der Waals surface area contributed by atoms with Gasteiger partial charge in [0.05, 0.1) is 0 Å². The van der Waals surface area contributed by atoms with Crippen LogP contribution in [0.4, 0.5) is 8.78 Å². The maximum atomic E-state index is 12.8. The number of benzene rings is 1. The van der Waals surface area contributed by atoms with Gasteiger partial charge in [0.25, 0.3) is 0 Å². The molecule has 0 atom stereocenters. The Kier molecular flexibility index (Phi) is 2.51. The molecule has 0 aromatic heterocycles. The Labute approximate surface area is 87.7 Å². The Balaban J connectivity index is 2.05. The van der Waals surface area contributed by atoms with Crippen molar-refractivity contribution in [2.75, 3.05) is 6.61 Å². The molecule has 0 spiro atoms. The van der Waals surface area contributed by atoms with Crippen molar-refractivity contribution in [2.45, 2.75) is 25.2 Å². The van der Waals surface area contributed by atoms with Crippen LogP contribution in [0.1, 0.15) is 18.4 Å². The zero-order valence-corrected chi connectivity index (χ0v) is 8.42. The third kappa shape index (κ3) is 2.17. The van der Waals surface area contributed by atoms with E-state index in [9.17, 15) is 13.9 Å². The summed E-state index contributed by atoms with van der Waals surface area (Å²) in [6, 6.07) is 9.49. The SMILES string of the molecule is OCC1(Cc2ccccc2)CC(F)(F)C1. The van der Waals surface area contributed by atoms with E-state index in [1.54, 1.807) is 0 Å². The van der Waals surface area contributed by atoms with Crippen molar-refractivity contribution in [1.29, 1.82) is 0 Å². The summed E-state index contributed by atoms with van der Waals surface area (Å²) in [4.78, 5) is 0. The minimum absolute atomic E-state index is 0.155. The molecule has 1 fully saturated rings. The van der Waals surface area contributed by atoms with Gasteiger partial charge in [0.2, 0.25) is 5.92 Å².